The Labute approximate surface area is 131 Å². The van der Waals surface area contributed by atoms with E-state index in [0.29, 0.717) is 12.1 Å². The second-order valence-corrected chi connectivity index (χ2v) is 6.15. The van der Waals surface area contributed by atoms with Crippen LogP contribution in [-0.4, -0.2) is 27.7 Å². The van der Waals surface area contributed by atoms with Crippen molar-refractivity contribution in [2.45, 2.75) is 30.1 Å². The van der Waals surface area contributed by atoms with E-state index in [0.717, 1.165) is 17.5 Å². The molecule has 1 aliphatic heterocycles. The summed E-state index contributed by atoms with van der Waals surface area (Å²) in [6.45, 7) is 1.48. The van der Waals surface area contributed by atoms with Gasteiger partial charge >= 0.3 is 0 Å². The number of benzene rings is 1. The summed E-state index contributed by atoms with van der Waals surface area (Å²) in [7, 11) is 0. The van der Waals surface area contributed by atoms with Crippen LogP contribution < -0.4 is 0 Å². The lowest BCUT2D eigenvalue weighted by Crippen LogP contribution is -2.41. The van der Waals surface area contributed by atoms with Gasteiger partial charge in [0, 0.05) is 11.3 Å². The SMILES string of the molecule is CCc1ccccc1C1=CCC(I)C(=O)N1CC(F)F. The van der Waals surface area contributed by atoms with Crippen LogP contribution >= 0.6 is 22.6 Å². The second-order valence-electron chi connectivity index (χ2n) is 4.64. The number of amides is 1. The lowest BCUT2D eigenvalue weighted by atomic mass is 9.98. The summed E-state index contributed by atoms with van der Waals surface area (Å²) in [6.07, 6.45) is 0.762. The fourth-order valence-electron chi connectivity index (χ4n) is 2.37. The van der Waals surface area contributed by atoms with Gasteiger partial charge in [0.15, 0.2) is 0 Å². The molecule has 20 heavy (non-hydrogen) atoms. The summed E-state index contributed by atoms with van der Waals surface area (Å²) >= 11 is 2.01. The minimum atomic E-state index is -2.53. The third-order valence-electron chi connectivity index (χ3n) is 3.34. The molecule has 1 atom stereocenters. The van der Waals surface area contributed by atoms with Crippen molar-refractivity contribution in [2.24, 2.45) is 0 Å². The quantitative estimate of drug-likeness (QED) is 0.564. The Hall–Kier alpha value is -0.980. The van der Waals surface area contributed by atoms with Crippen molar-refractivity contribution in [3.63, 3.8) is 0 Å². The molecule has 0 N–H and O–H groups in total. The Morgan fingerprint density at radius 3 is 2.75 bits per heavy atom. The molecule has 0 saturated carbocycles. The van der Waals surface area contributed by atoms with Gasteiger partial charge in [-0.25, -0.2) is 8.78 Å². The predicted octanol–water partition coefficient (Wildman–Crippen LogP) is 3.89. The molecule has 0 radical (unpaired) electrons. The average Bonchev–Trinajstić information content (AvgIpc) is 2.44. The number of nitrogens with zero attached hydrogens (tertiary/aromatic N) is 1. The van der Waals surface area contributed by atoms with Gasteiger partial charge in [0.2, 0.25) is 5.91 Å². The molecule has 1 heterocycles. The molecule has 0 spiro atoms. The maximum absolute atomic E-state index is 12.8. The monoisotopic (exact) mass is 391 g/mol. The molecule has 0 aromatic heterocycles. The van der Waals surface area contributed by atoms with Crippen molar-refractivity contribution in [1.82, 2.24) is 4.90 Å². The molecule has 0 bridgehead atoms. The summed E-state index contributed by atoms with van der Waals surface area (Å²) in [5.41, 5.74) is 2.57. The molecule has 1 aliphatic rings. The van der Waals surface area contributed by atoms with Crippen LogP contribution in [0.2, 0.25) is 0 Å². The van der Waals surface area contributed by atoms with Crippen molar-refractivity contribution in [3.05, 3.63) is 41.5 Å². The van der Waals surface area contributed by atoms with Crippen LogP contribution in [0.25, 0.3) is 5.70 Å². The van der Waals surface area contributed by atoms with Crippen LogP contribution in [0.4, 0.5) is 8.78 Å². The number of halogens is 3. The Bertz CT molecular complexity index is 530. The van der Waals surface area contributed by atoms with Gasteiger partial charge in [-0.1, -0.05) is 59.9 Å². The molecule has 2 rings (SSSR count). The number of carbonyl (C=O) groups excluding carboxylic acids is 1. The largest absolute Gasteiger partial charge is 0.305 e. The number of hydrogen-bond acceptors (Lipinski definition) is 1. The van der Waals surface area contributed by atoms with Crippen molar-refractivity contribution in [3.8, 4) is 0 Å². The van der Waals surface area contributed by atoms with E-state index in [-0.39, 0.29) is 9.83 Å². The summed E-state index contributed by atoms with van der Waals surface area (Å²) in [5, 5.41) is 0. The third-order valence-corrected chi connectivity index (χ3v) is 4.38. The smallest absolute Gasteiger partial charge is 0.256 e. The van der Waals surface area contributed by atoms with Gasteiger partial charge < -0.3 is 4.90 Å². The van der Waals surface area contributed by atoms with E-state index in [1.807, 2.05) is 59.9 Å². The number of carbonyl (C=O) groups is 1. The van der Waals surface area contributed by atoms with Gasteiger partial charge in [0.1, 0.15) is 0 Å². The normalized spacial score (nSPS) is 19.4. The van der Waals surface area contributed by atoms with Gasteiger partial charge in [-0.05, 0) is 18.4 Å². The summed E-state index contributed by atoms with van der Waals surface area (Å²) in [6, 6.07) is 7.66. The molecule has 2 nitrogen and oxygen atoms in total. The maximum Gasteiger partial charge on any atom is 0.256 e. The summed E-state index contributed by atoms with van der Waals surface area (Å²) in [4.78, 5) is 13.4. The van der Waals surface area contributed by atoms with E-state index in [4.69, 9.17) is 0 Å². The molecule has 5 heteroatoms. The average molecular weight is 391 g/mol. The van der Waals surface area contributed by atoms with Crippen LogP contribution in [0.15, 0.2) is 30.3 Å². The highest BCUT2D eigenvalue weighted by atomic mass is 127. The first kappa shape index (κ1) is 15.4. The van der Waals surface area contributed by atoms with Crippen molar-refractivity contribution < 1.29 is 13.6 Å². The molecule has 1 amide bonds. The maximum atomic E-state index is 12.8. The van der Waals surface area contributed by atoms with Gasteiger partial charge in [-0.2, -0.15) is 0 Å². The van der Waals surface area contributed by atoms with E-state index in [1.54, 1.807) is 0 Å². The molecule has 1 aromatic carbocycles. The van der Waals surface area contributed by atoms with Crippen LogP contribution in [0.3, 0.4) is 0 Å². The molecule has 0 fully saturated rings. The lowest BCUT2D eigenvalue weighted by molar-refractivity contribution is -0.128. The molecule has 1 aromatic rings. The molecule has 0 saturated heterocycles. The van der Waals surface area contributed by atoms with E-state index in [1.165, 1.54) is 4.90 Å². The van der Waals surface area contributed by atoms with Gasteiger partial charge in [0.25, 0.3) is 6.43 Å². The molecule has 0 aliphatic carbocycles. The highest BCUT2D eigenvalue weighted by Crippen LogP contribution is 2.31. The standard InChI is InChI=1S/C15H16F2INO/c1-2-10-5-3-4-6-11(10)13-8-7-12(18)15(20)19(13)9-14(16)17/h3-6,8,12,14H,2,7,9H2,1H3. The van der Waals surface area contributed by atoms with E-state index >= 15 is 0 Å². The number of rotatable bonds is 4. The summed E-state index contributed by atoms with van der Waals surface area (Å²) in [5.74, 6) is -0.227. The van der Waals surface area contributed by atoms with Gasteiger partial charge in [-0.15, -0.1) is 0 Å². The van der Waals surface area contributed by atoms with Gasteiger partial charge in [-0.3, -0.25) is 4.79 Å². The number of aryl methyl sites for hydroxylation is 1. The van der Waals surface area contributed by atoms with Gasteiger partial charge in [0.05, 0.1) is 10.5 Å². The van der Waals surface area contributed by atoms with Crippen LogP contribution in [-0.2, 0) is 11.2 Å². The van der Waals surface area contributed by atoms with Crippen molar-refractivity contribution >= 4 is 34.2 Å². The first-order valence-electron chi connectivity index (χ1n) is 6.56. The highest BCUT2D eigenvalue weighted by molar-refractivity contribution is 14.1. The zero-order valence-electron chi connectivity index (χ0n) is 11.2. The van der Waals surface area contributed by atoms with Crippen LogP contribution in [0, 0.1) is 0 Å². The molecule has 108 valence electrons. The highest BCUT2D eigenvalue weighted by Gasteiger charge is 2.31. The molecule has 1 unspecified atom stereocenters. The first-order valence-corrected chi connectivity index (χ1v) is 7.81. The number of allylic oxidation sites excluding steroid dienone is 1. The third kappa shape index (κ3) is 3.19. The molecular weight excluding hydrogens is 375 g/mol. The Morgan fingerprint density at radius 2 is 2.10 bits per heavy atom. The van der Waals surface area contributed by atoms with E-state index < -0.39 is 13.0 Å². The molecular formula is C15H16F2INO. The van der Waals surface area contributed by atoms with Crippen molar-refractivity contribution in [2.75, 3.05) is 6.54 Å². The number of hydrogen-bond donors (Lipinski definition) is 0. The minimum Gasteiger partial charge on any atom is -0.305 e. The van der Waals surface area contributed by atoms with Crippen molar-refractivity contribution in [1.29, 1.82) is 0 Å². The lowest BCUT2D eigenvalue weighted by Gasteiger charge is -2.32. The fraction of sp³-hybridized carbons (Fsp3) is 0.400. The predicted molar refractivity (Wildman–Crippen MR) is 83.9 cm³/mol. The first-order chi connectivity index (χ1) is 9.54. The zero-order chi connectivity index (χ0) is 14.7. The van der Waals surface area contributed by atoms with E-state index in [2.05, 4.69) is 0 Å². The Morgan fingerprint density at radius 1 is 1.40 bits per heavy atom. The second kappa shape index (κ2) is 6.65. The van der Waals surface area contributed by atoms with Crippen LogP contribution in [0.5, 0.6) is 0 Å². The van der Waals surface area contributed by atoms with E-state index in [9.17, 15) is 13.6 Å². The fourth-order valence-corrected chi connectivity index (χ4v) is 2.96. The zero-order valence-corrected chi connectivity index (χ0v) is 13.3. The number of alkyl halides is 3. The Kier molecular flexibility index (Phi) is 5.12. The van der Waals surface area contributed by atoms with Crippen LogP contribution in [0.1, 0.15) is 24.5 Å². The Balaban J connectivity index is 2.43. The minimum absolute atomic E-state index is 0.227. The topological polar surface area (TPSA) is 20.3 Å². The summed E-state index contributed by atoms with van der Waals surface area (Å²) < 4.78 is 25.3.